The number of carbonyl (C=O) groups excluding carboxylic acids is 1. The van der Waals surface area contributed by atoms with Gasteiger partial charge in [-0.3, -0.25) is 4.79 Å². The minimum absolute atomic E-state index is 0.0812. The van der Waals surface area contributed by atoms with Gasteiger partial charge in [-0.1, -0.05) is 0 Å². The van der Waals surface area contributed by atoms with Crippen LogP contribution < -0.4 is 5.32 Å². The Morgan fingerprint density at radius 2 is 1.90 bits per heavy atom. The van der Waals surface area contributed by atoms with Crippen molar-refractivity contribution < 1.29 is 18.3 Å². The summed E-state index contributed by atoms with van der Waals surface area (Å²) in [5, 5.41) is 12.0. The number of nitriles is 1. The van der Waals surface area contributed by atoms with Gasteiger partial charge in [0.15, 0.2) is 5.78 Å². The van der Waals surface area contributed by atoms with E-state index in [1.807, 2.05) is 0 Å². The molecular weight excluding hydrogens is 278 g/mol. The van der Waals surface area contributed by atoms with Crippen LogP contribution in [-0.4, -0.2) is 31.1 Å². The first-order valence-corrected chi connectivity index (χ1v) is 6.85. The second-order valence-electron chi connectivity index (χ2n) is 5.55. The molecule has 2 heterocycles. The average molecular weight is 292 g/mol. The highest BCUT2D eigenvalue weighted by Crippen LogP contribution is 2.28. The van der Waals surface area contributed by atoms with E-state index >= 15 is 0 Å². The van der Waals surface area contributed by atoms with E-state index in [2.05, 4.69) is 5.32 Å². The van der Waals surface area contributed by atoms with Crippen molar-refractivity contribution >= 4 is 5.78 Å². The zero-order chi connectivity index (χ0) is 15.0. The molecule has 6 heteroatoms. The molecule has 4 nitrogen and oxygen atoms in total. The highest BCUT2D eigenvalue weighted by molar-refractivity contribution is 5.98. The molecule has 1 aromatic rings. The van der Waals surface area contributed by atoms with Gasteiger partial charge in [-0.15, -0.1) is 0 Å². The molecule has 2 aliphatic rings. The predicted molar refractivity (Wildman–Crippen MR) is 69.7 cm³/mol. The Balaban J connectivity index is 1.85. The van der Waals surface area contributed by atoms with Gasteiger partial charge in [0.25, 0.3) is 0 Å². The Morgan fingerprint density at radius 3 is 2.52 bits per heavy atom. The fraction of sp³-hybridized carbons (Fsp3) is 0.467. The molecule has 2 bridgehead atoms. The van der Waals surface area contributed by atoms with Crippen molar-refractivity contribution in [3.05, 3.63) is 34.9 Å². The highest BCUT2D eigenvalue weighted by atomic mass is 19.1. The maximum Gasteiger partial charge on any atom is 0.169 e. The SMILES string of the molecule is N#Cc1cc(F)c(C(=O)C2CC3COCC(C2)N3)cc1F. The lowest BCUT2D eigenvalue weighted by molar-refractivity contribution is 0.00945. The third-order valence-electron chi connectivity index (χ3n) is 4.06. The number of ketones is 1. The maximum absolute atomic E-state index is 13.9. The van der Waals surface area contributed by atoms with E-state index in [1.165, 1.54) is 0 Å². The van der Waals surface area contributed by atoms with Gasteiger partial charge in [0.05, 0.1) is 24.3 Å². The van der Waals surface area contributed by atoms with E-state index in [9.17, 15) is 13.6 Å². The number of fused-ring (bicyclic) bond motifs is 2. The topological polar surface area (TPSA) is 62.1 Å². The maximum atomic E-state index is 13.9. The van der Waals surface area contributed by atoms with Crippen molar-refractivity contribution in [3.8, 4) is 6.07 Å². The van der Waals surface area contributed by atoms with Crippen molar-refractivity contribution in [3.63, 3.8) is 0 Å². The van der Waals surface area contributed by atoms with Crippen molar-refractivity contribution in [1.82, 2.24) is 5.32 Å². The zero-order valence-corrected chi connectivity index (χ0v) is 11.2. The number of nitrogens with zero attached hydrogens (tertiary/aromatic N) is 1. The number of carbonyl (C=O) groups is 1. The van der Waals surface area contributed by atoms with E-state index in [-0.39, 0.29) is 29.1 Å². The zero-order valence-electron chi connectivity index (χ0n) is 11.2. The van der Waals surface area contributed by atoms with Gasteiger partial charge in [-0.05, 0) is 25.0 Å². The Bertz CT molecular complexity index is 615. The lowest BCUT2D eigenvalue weighted by Crippen LogP contribution is -2.55. The fourth-order valence-electron chi connectivity index (χ4n) is 3.09. The average Bonchev–Trinajstić information content (AvgIpc) is 2.48. The third kappa shape index (κ3) is 2.67. The minimum atomic E-state index is -0.861. The largest absolute Gasteiger partial charge is 0.378 e. The Labute approximate surface area is 120 Å². The first-order chi connectivity index (χ1) is 10.1. The molecule has 0 spiro atoms. The van der Waals surface area contributed by atoms with Crippen LogP contribution in [-0.2, 0) is 4.74 Å². The van der Waals surface area contributed by atoms with Crippen molar-refractivity contribution in [2.24, 2.45) is 5.92 Å². The lowest BCUT2D eigenvalue weighted by Gasteiger charge is -2.39. The number of hydrogen-bond donors (Lipinski definition) is 1. The van der Waals surface area contributed by atoms with Crippen molar-refractivity contribution in [1.29, 1.82) is 5.26 Å². The molecule has 2 aliphatic heterocycles. The van der Waals surface area contributed by atoms with Gasteiger partial charge >= 0.3 is 0 Å². The van der Waals surface area contributed by atoms with Crippen LogP contribution in [0.2, 0.25) is 0 Å². The summed E-state index contributed by atoms with van der Waals surface area (Å²) in [5.41, 5.74) is -0.656. The van der Waals surface area contributed by atoms with Gasteiger partial charge in [-0.25, -0.2) is 8.78 Å². The third-order valence-corrected chi connectivity index (χ3v) is 4.06. The molecule has 2 fully saturated rings. The molecule has 0 aliphatic carbocycles. The monoisotopic (exact) mass is 292 g/mol. The fourth-order valence-corrected chi connectivity index (χ4v) is 3.09. The summed E-state index contributed by atoms with van der Waals surface area (Å²) in [6, 6.07) is 3.35. The van der Waals surface area contributed by atoms with Gasteiger partial charge in [-0.2, -0.15) is 5.26 Å². The Hall–Kier alpha value is -1.84. The molecule has 3 rings (SSSR count). The summed E-state index contributed by atoms with van der Waals surface area (Å²) in [6.07, 6.45) is 1.10. The summed E-state index contributed by atoms with van der Waals surface area (Å²) < 4.78 is 32.9. The van der Waals surface area contributed by atoms with E-state index < -0.39 is 17.4 Å². The van der Waals surface area contributed by atoms with Crippen LogP contribution in [0.1, 0.15) is 28.8 Å². The highest BCUT2D eigenvalue weighted by Gasteiger charge is 2.36. The standard InChI is InChI=1S/C15H14F2N2O2/c16-13-4-12(14(17)3-9(13)5-18)15(20)8-1-10-6-21-7-11(2-8)19-10/h3-4,8,10-11,19H,1-2,6-7H2. The summed E-state index contributed by atoms with van der Waals surface area (Å²) in [5.74, 6) is -2.43. The molecule has 2 unspecified atom stereocenters. The van der Waals surface area contributed by atoms with Crippen molar-refractivity contribution in [2.75, 3.05) is 13.2 Å². The molecule has 0 radical (unpaired) electrons. The van der Waals surface area contributed by atoms with E-state index in [0.717, 1.165) is 12.1 Å². The molecule has 0 aromatic heterocycles. The predicted octanol–water partition coefficient (Wildman–Crippen LogP) is 1.79. The van der Waals surface area contributed by atoms with Gasteiger partial charge in [0, 0.05) is 18.0 Å². The molecule has 2 saturated heterocycles. The van der Waals surface area contributed by atoms with Crippen LogP contribution in [0.25, 0.3) is 0 Å². The van der Waals surface area contributed by atoms with E-state index in [0.29, 0.717) is 26.1 Å². The number of piperidine rings is 1. The number of ether oxygens (including phenoxy) is 1. The molecule has 1 N–H and O–H groups in total. The quantitative estimate of drug-likeness (QED) is 0.844. The molecule has 110 valence electrons. The van der Waals surface area contributed by atoms with Crippen LogP contribution in [0.15, 0.2) is 12.1 Å². The molecule has 0 amide bonds. The van der Waals surface area contributed by atoms with Crippen LogP contribution in [0.3, 0.4) is 0 Å². The van der Waals surface area contributed by atoms with Crippen LogP contribution in [0.5, 0.6) is 0 Å². The molecule has 21 heavy (non-hydrogen) atoms. The van der Waals surface area contributed by atoms with E-state index in [1.54, 1.807) is 6.07 Å². The summed E-state index contributed by atoms with van der Waals surface area (Å²) in [4.78, 5) is 12.4. The summed E-state index contributed by atoms with van der Waals surface area (Å²) in [6.45, 7) is 1.06. The Morgan fingerprint density at radius 1 is 1.24 bits per heavy atom. The number of halogens is 2. The number of rotatable bonds is 2. The first-order valence-electron chi connectivity index (χ1n) is 6.85. The van der Waals surface area contributed by atoms with Gasteiger partial charge in [0.1, 0.15) is 17.7 Å². The summed E-state index contributed by atoms with van der Waals surface area (Å²) >= 11 is 0. The van der Waals surface area contributed by atoms with Crippen LogP contribution >= 0.6 is 0 Å². The van der Waals surface area contributed by atoms with Crippen LogP contribution in [0, 0.1) is 28.9 Å². The smallest absolute Gasteiger partial charge is 0.169 e. The lowest BCUT2D eigenvalue weighted by atomic mass is 9.82. The normalized spacial score (nSPS) is 28.0. The number of Topliss-reactive ketones (excluding diaryl/α,β-unsaturated/α-hetero) is 1. The van der Waals surface area contributed by atoms with E-state index in [4.69, 9.17) is 10.00 Å². The molecule has 1 aromatic carbocycles. The first kappa shape index (κ1) is 14.1. The second kappa shape index (κ2) is 5.51. The molecular formula is C15H14F2N2O2. The second-order valence-corrected chi connectivity index (χ2v) is 5.55. The molecule has 0 saturated carbocycles. The minimum Gasteiger partial charge on any atom is -0.378 e. The van der Waals surface area contributed by atoms with Crippen molar-refractivity contribution in [2.45, 2.75) is 24.9 Å². The Kier molecular flexibility index (Phi) is 3.70. The van der Waals surface area contributed by atoms with Crippen LogP contribution in [0.4, 0.5) is 8.78 Å². The molecule has 2 atom stereocenters. The number of morpholine rings is 1. The van der Waals surface area contributed by atoms with Gasteiger partial charge < -0.3 is 10.1 Å². The number of hydrogen-bond acceptors (Lipinski definition) is 4. The number of nitrogens with one attached hydrogen (secondary N) is 1. The summed E-state index contributed by atoms with van der Waals surface area (Å²) in [7, 11) is 0. The van der Waals surface area contributed by atoms with Gasteiger partial charge in [0.2, 0.25) is 0 Å². The number of benzene rings is 1.